The number of rotatable bonds is 6. The lowest BCUT2D eigenvalue weighted by molar-refractivity contribution is 0.487. The Balaban J connectivity index is 0.00000192. The first-order valence-electron chi connectivity index (χ1n) is 7.72. The number of hydrogen-bond acceptors (Lipinski definition) is 3. The van der Waals surface area contributed by atoms with Crippen molar-refractivity contribution in [3.05, 3.63) is 52.0 Å². The SMILES string of the molecule is CN(C(N)=NCc1csc(CCc2ccccc2)n1)C1CC1.I. The Labute approximate surface area is 158 Å². The Bertz CT molecular complexity index is 637. The lowest BCUT2D eigenvalue weighted by Gasteiger charge is -2.16. The van der Waals surface area contributed by atoms with Crippen LogP contribution >= 0.6 is 35.3 Å². The summed E-state index contributed by atoms with van der Waals surface area (Å²) in [5, 5.41) is 3.26. The van der Waals surface area contributed by atoms with Gasteiger partial charge < -0.3 is 10.6 Å². The summed E-state index contributed by atoms with van der Waals surface area (Å²) < 4.78 is 0. The van der Waals surface area contributed by atoms with E-state index in [0.717, 1.165) is 18.5 Å². The largest absolute Gasteiger partial charge is 0.370 e. The molecule has 0 amide bonds. The summed E-state index contributed by atoms with van der Waals surface area (Å²) in [5.41, 5.74) is 8.37. The first-order chi connectivity index (χ1) is 10.7. The zero-order valence-electron chi connectivity index (χ0n) is 13.3. The van der Waals surface area contributed by atoms with Crippen LogP contribution in [0.2, 0.25) is 0 Å². The van der Waals surface area contributed by atoms with Crippen LogP contribution in [-0.4, -0.2) is 28.9 Å². The Hall–Kier alpha value is -1.15. The average Bonchev–Trinajstić information content (AvgIpc) is 3.30. The maximum absolute atomic E-state index is 6.00. The second-order valence-electron chi connectivity index (χ2n) is 5.73. The summed E-state index contributed by atoms with van der Waals surface area (Å²) in [6, 6.07) is 11.1. The molecule has 2 N–H and O–H groups in total. The Kier molecular flexibility index (Phi) is 6.83. The summed E-state index contributed by atoms with van der Waals surface area (Å²) in [6.45, 7) is 0.574. The molecule has 1 aliphatic rings. The highest BCUT2D eigenvalue weighted by atomic mass is 127. The van der Waals surface area contributed by atoms with Gasteiger partial charge in [0.2, 0.25) is 0 Å². The maximum Gasteiger partial charge on any atom is 0.191 e. The smallest absolute Gasteiger partial charge is 0.191 e. The molecular weight excluding hydrogens is 419 g/mol. The highest BCUT2D eigenvalue weighted by molar-refractivity contribution is 14.0. The zero-order chi connectivity index (χ0) is 15.4. The number of benzene rings is 1. The van der Waals surface area contributed by atoms with E-state index in [1.807, 2.05) is 13.1 Å². The van der Waals surface area contributed by atoms with Gasteiger partial charge in [-0.05, 0) is 24.8 Å². The fraction of sp³-hybridized carbons (Fsp3) is 0.412. The van der Waals surface area contributed by atoms with Crippen molar-refractivity contribution in [1.29, 1.82) is 0 Å². The van der Waals surface area contributed by atoms with Gasteiger partial charge in [-0.3, -0.25) is 0 Å². The number of guanidine groups is 1. The molecule has 1 aliphatic carbocycles. The van der Waals surface area contributed by atoms with Gasteiger partial charge in [0.25, 0.3) is 0 Å². The molecule has 1 aromatic heterocycles. The summed E-state index contributed by atoms with van der Waals surface area (Å²) in [4.78, 5) is 11.2. The summed E-state index contributed by atoms with van der Waals surface area (Å²) >= 11 is 1.71. The van der Waals surface area contributed by atoms with Crippen molar-refractivity contribution in [3.8, 4) is 0 Å². The van der Waals surface area contributed by atoms with Gasteiger partial charge in [-0.2, -0.15) is 0 Å². The van der Waals surface area contributed by atoms with Crippen LogP contribution < -0.4 is 5.73 Å². The van der Waals surface area contributed by atoms with E-state index in [1.165, 1.54) is 23.4 Å². The second-order valence-corrected chi connectivity index (χ2v) is 6.68. The molecule has 0 aliphatic heterocycles. The number of hydrogen-bond donors (Lipinski definition) is 1. The van der Waals surface area contributed by atoms with Crippen LogP contribution in [0.15, 0.2) is 40.7 Å². The zero-order valence-corrected chi connectivity index (χ0v) is 16.5. The molecule has 3 rings (SSSR count). The third-order valence-electron chi connectivity index (χ3n) is 3.93. The molecule has 1 saturated carbocycles. The van der Waals surface area contributed by atoms with Gasteiger partial charge in [0.1, 0.15) is 0 Å². The molecule has 0 unspecified atom stereocenters. The molecule has 0 bridgehead atoms. The minimum Gasteiger partial charge on any atom is -0.370 e. The van der Waals surface area contributed by atoms with E-state index in [9.17, 15) is 0 Å². The monoisotopic (exact) mass is 442 g/mol. The van der Waals surface area contributed by atoms with Crippen molar-refractivity contribution in [2.24, 2.45) is 10.7 Å². The molecule has 1 fully saturated rings. The Morgan fingerprint density at radius 2 is 2.04 bits per heavy atom. The number of halogens is 1. The van der Waals surface area contributed by atoms with E-state index in [0.29, 0.717) is 18.5 Å². The number of aryl methyl sites for hydroxylation is 2. The summed E-state index contributed by atoms with van der Waals surface area (Å²) in [5.74, 6) is 0.626. The summed E-state index contributed by atoms with van der Waals surface area (Å²) in [7, 11) is 2.02. The minimum absolute atomic E-state index is 0. The molecule has 0 radical (unpaired) electrons. The minimum atomic E-state index is 0. The van der Waals surface area contributed by atoms with E-state index in [-0.39, 0.29) is 24.0 Å². The molecule has 0 saturated heterocycles. The topological polar surface area (TPSA) is 54.5 Å². The molecule has 2 aromatic rings. The number of thiazole rings is 1. The normalized spacial score (nSPS) is 14.4. The number of nitrogens with zero attached hydrogens (tertiary/aromatic N) is 3. The van der Waals surface area contributed by atoms with Crippen molar-refractivity contribution in [2.75, 3.05) is 7.05 Å². The van der Waals surface area contributed by atoms with Crippen LogP contribution in [0.5, 0.6) is 0 Å². The van der Waals surface area contributed by atoms with Crippen molar-refractivity contribution in [3.63, 3.8) is 0 Å². The van der Waals surface area contributed by atoms with Gasteiger partial charge in [0.15, 0.2) is 5.96 Å². The predicted octanol–water partition coefficient (Wildman–Crippen LogP) is 3.46. The number of aromatic nitrogens is 1. The predicted molar refractivity (Wildman–Crippen MR) is 107 cm³/mol. The highest BCUT2D eigenvalue weighted by Gasteiger charge is 2.27. The molecule has 4 nitrogen and oxygen atoms in total. The van der Waals surface area contributed by atoms with E-state index in [4.69, 9.17) is 5.73 Å². The molecule has 124 valence electrons. The van der Waals surface area contributed by atoms with Gasteiger partial charge in [-0.1, -0.05) is 30.3 Å². The van der Waals surface area contributed by atoms with Gasteiger partial charge >= 0.3 is 0 Å². The van der Waals surface area contributed by atoms with Crippen LogP contribution in [0.25, 0.3) is 0 Å². The Morgan fingerprint density at radius 1 is 1.30 bits per heavy atom. The summed E-state index contributed by atoms with van der Waals surface area (Å²) in [6.07, 6.45) is 4.47. The van der Waals surface area contributed by atoms with Crippen molar-refractivity contribution < 1.29 is 0 Å². The van der Waals surface area contributed by atoms with Crippen LogP contribution in [0, 0.1) is 0 Å². The van der Waals surface area contributed by atoms with Crippen LogP contribution in [0.4, 0.5) is 0 Å². The van der Waals surface area contributed by atoms with Gasteiger partial charge in [-0.25, -0.2) is 9.98 Å². The molecule has 1 heterocycles. The molecular formula is C17H23IN4S. The van der Waals surface area contributed by atoms with Gasteiger partial charge in [0.05, 0.1) is 17.2 Å². The van der Waals surface area contributed by atoms with Crippen LogP contribution in [0.3, 0.4) is 0 Å². The molecule has 1 aromatic carbocycles. The standard InChI is InChI=1S/C17H22N4S.HI/c1-21(15-8-9-15)17(18)19-11-14-12-22-16(20-14)10-7-13-5-3-2-4-6-13;/h2-6,12,15H,7-11H2,1H3,(H2,18,19);1H. The van der Waals surface area contributed by atoms with Crippen LogP contribution in [-0.2, 0) is 19.4 Å². The lowest BCUT2D eigenvalue weighted by Crippen LogP contribution is -2.35. The van der Waals surface area contributed by atoms with E-state index < -0.39 is 0 Å². The maximum atomic E-state index is 6.00. The third-order valence-corrected chi connectivity index (χ3v) is 4.89. The average molecular weight is 442 g/mol. The number of aliphatic imine (C=N–C) groups is 1. The van der Waals surface area contributed by atoms with E-state index in [2.05, 4.69) is 44.5 Å². The first-order valence-corrected chi connectivity index (χ1v) is 8.60. The first kappa shape index (κ1) is 18.2. The van der Waals surface area contributed by atoms with Gasteiger partial charge in [-0.15, -0.1) is 35.3 Å². The quantitative estimate of drug-likeness (QED) is 0.424. The van der Waals surface area contributed by atoms with Crippen molar-refractivity contribution >= 4 is 41.3 Å². The molecule has 0 spiro atoms. The van der Waals surface area contributed by atoms with Crippen molar-refractivity contribution in [2.45, 2.75) is 38.3 Å². The highest BCUT2D eigenvalue weighted by Crippen LogP contribution is 2.25. The van der Waals surface area contributed by atoms with E-state index in [1.54, 1.807) is 11.3 Å². The molecule has 6 heteroatoms. The molecule has 0 atom stereocenters. The second kappa shape index (κ2) is 8.63. The third kappa shape index (κ3) is 5.46. The van der Waals surface area contributed by atoms with Gasteiger partial charge in [0, 0.05) is 24.9 Å². The van der Waals surface area contributed by atoms with Crippen molar-refractivity contribution in [1.82, 2.24) is 9.88 Å². The lowest BCUT2D eigenvalue weighted by atomic mass is 10.1. The fourth-order valence-corrected chi connectivity index (χ4v) is 3.14. The fourth-order valence-electron chi connectivity index (χ4n) is 2.35. The molecule has 23 heavy (non-hydrogen) atoms. The van der Waals surface area contributed by atoms with E-state index >= 15 is 0 Å². The Morgan fingerprint density at radius 3 is 2.74 bits per heavy atom. The van der Waals surface area contributed by atoms with Crippen LogP contribution in [0.1, 0.15) is 29.1 Å². The number of nitrogens with two attached hydrogens (primary N) is 1.